The molecule has 5 nitrogen and oxygen atoms in total. The number of nitrogens with zero attached hydrogens (tertiary/aromatic N) is 2. The summed E-state index contributed by atoms with van der Waals surface area (Å²) in [4.78, 5) is 19.2. The second kappa shape index (κ2) is 6.00. The van der Waals surface area contributed by atoms with Crippen LogP contribution in [0.25, 0.3) is 0 Å². The van der Waals surface area contributed by atoms with Crippen molar-refractivity contribution in [3.05, 3.63) is 4.88 Å². The van der Waals surface area contributed by atoms with Crippen LogP contribution in [0, 0.1) is 0 Å². The molecule has 2 atom stereocenters. The third-order valence-electron chi connectivity index (χ3n) is 3.32. The quantitative estimate of drug-likeness (QED) is 0.894. The number of carbonyl (C=O) groups is 1. The first kappa shape index (κ1) is 14.5. The average molecular weight is 300 g/mol. The van der Waals surface area contributed by atoms with Crippen molar-refractivity contribution < 1.29 is 4.79 Å². The van der Waals surface area contributed by atoms with Gasteiger partial charge < -0.3 is 16.0 Å². The number of anilines is 2. The molecule has 2 rings (SSSR count). The number of rotatable bonds is 3. The van der Waals surface area contributed by atoms with Gasteiger partial charge in [-0.25, -0.2) is 4.98 Å². The summed E-state index contributed by atoms with van der Waals surface area (Å²) < 4.78 is 0. The van der Waals surface area contributed by atoms with E-state index in [4.69, 9.17) is 5.73 Å². The average Bonchev–Trinajstić information content (AvgIpc) is 2.73. The molecule has 0 spiro atoms. The molecular formula is C12H20N4OS2. The standard InChI is InChI=1S/C12H20N4OS2/c1-4-14-12-15-10(13)9(19-12)11(17)16-5-6-18-8(3)7(16)2/h7-8H,4-6,13H2,1-3H3,(H,14,15). The van der Waals surface area contributed by atoms with E-state index in [1.807, 2.05) is 23.6 Å². The second-order valence-corrected chi connectivity index (χ2v) is 7.06. The molecule has 19 heavy (non-hydrogen) atoms. The Morgan fingerprint density at radius 3 is 3.00 bits per heavy atom. The molecular weight excluding hydrogens is 280 g/mol. The predicted molar refractivity (Wildman–Crippen MR) is 83.1 cm³/mol. The van der Waals surface area contributed by atoms with Gasteiger partial charge in [-0.3, -0.25) is 4.79 Å². The van der Waals surface area contributed by atoms with E-state index in [-0.39, 0.29) is 11.9 Å². The zero-order valence-electron chi connectivity index (χ0n) is 11.5. The lowest BCUT2D eigenvalue weighted by atomic mass is 10.2. The Morgan fingerprint density at radius 2 is 2.32 bits per heavy atom. The van der Waals surface area contributed by atoms with E-state index in [1.165, 1.54) is 11.3 Å². The van der Waals surface area contributed by atoms with Crippen LogP contribution in [0.15, 0.2) is 0 Å². The van der Waals surface area contributed by atoms with Crippen molar-refractivity contribution in [3.8, 4) is 0 Å². The van der Waals surface area contributed by atoms with Crippen LogP contribution in [0.1, 0.15) is 30.4 Å². The Balaban J connectivity index is 2.18. The van der Waals surface area contributed by atoms with Crippen LogP contribution in [0.2, 0.25) is 0 Å². The SMILES string of the molecule is CCNc1nc(N)c(C(=O)N2CCSC(C)C2C)s1. The van der Waals surface area contributed by atoms with Crippen LogP contribution >= 0.6 is 23.1 Å². The summed E-state index contributed by atoms with van der Waals surface area (Å²) in [6.07, 6.45) is 0. The smallest absolute Gasteiger partial charge is 0.268 e. The van der Waals surface area contributed by atoms with Gasteiger partial charge in [0.05, 0.1) is 0 Å². The van der Waals surface area contributed by atoms with Crippen LogP contribution in [-0.4, -0.2) is 45.9 Å². The number of nitrogen functional groups attached to an aromatic ring is 1. The van der Waals surface area contributed by atoms with Gasteiger partial charge in [-0.2, -0.15) is 11.8 Å². The number of amides is 1. The van der Waals surface area contributed by atoms with Gasteiger partial charge in [0.25, 0.3) is 5.91 Å². The summed E-state index contributed by atoms with van der Waals surface area (Å²) in [6, 6.07) is 0.232. The number of nitrogens with one attached hydrogen (secondary N) is 1. The third-order valence-corrected chi connectivity index (χ3v) is 5.68. The first-order valence-electron chi connectivity index (χ1n) is 6.47. The topological polar surface area (TPSA) is 71.2 Å². The highest BCUT2D eigenvalue weighted by Gasteiger charge is 2.31. The van der Waals surface area contributed by atoms with Gasteiger partial charge >= 0.3 is 0 Å². The molecule has 0 saturated carbocycles. The second-order valence-electron chi connectivity index (χ2n) is 4.58. The minimum absolute atomic E-state index is 0.0128. The van der Waals surface area contributed by atoms with Gasteiger partial charge in [-0.15, -0.1) is 0 Å². The lowest BCUT2D eigenvalue weighted by molar-refractivity contribution is 0.0704. The van der Waals surface area contributed by atoms with E-state index < -0.39 is 0 Å². The van der Waals surface area contributed by atoms with E-state index in [9.17, 15) is 4.79 Å². The van der Waals surface area contributed by atoms with Crippen molar-refractivity contribution in [2.24, 2.45) is 0 Å². The molecule has 3 N–H and O–H groups in total. The third kappa shape index (κ3) is 2.97. The van der Waals surface area contributed by atoms with Gasteiger partial charge in [-0.05, 0) is 13.8 Å². The fraction of sp³-hybridized carbons (Fsp3) is 0.667. The van der Waals surface area contributed by atoms with Crippen LogP contribution in [-0.2, 0) is 0 Å². The van der Waals surface area contributed by atoms with Gasteiger partial charge in [-0.1, -0.05) is 18.3 Å². The largest absolute Gasteiger partial charge is 0.382 e. The fourth-order valence-corrected chi connectivity index (χ4v) is 4.07. The molecule has 7 heteroatoms. The van der Waals surface area contributed by atoms with Crippen molar-refractivity contribution in [1.29, 1.82) is 0 Å². The van der Waals surface area contributed by atoms with Crippen molar-refractivity contribution in [2.45, 2.75) is 32.1 Å². The van der Waals surface area contributed by atoms with E-state index in [0.717, 1.165) is 24.0 Å². The minimum atomic E-state index is 0.0128. The van der Waals surface area contributed by atoms with Gasteiger partial charge in [0.2, 0.25) is 0 Å². The molecule has 0 radical (unpaired) electrons. The fourth-order valence-electron chi connectivity index (χ4n) is 2.06. The molecule has 2 heterocycles. The maximum Gasteiger partial charge on any atom is 0.268 e. The van der Waals surface area contributed by atoms with Crippen molar-refractivity contribution in [2.75, 3.05) is 29.9 Å². The van der Waals surface area contributed by atoms with E-state index in [1.54, 1.807) is 0 Å². The zero-order chi connectivity index (χ0) is 14.0. The molecule has 0 bridgehead atoms. The lowest BCUT2D eigenvalue weighted by Crippen LogP contribution is -2.47. The number of hydrogen-bond donors (Lipinski definition) is 2. The summed E-state index contributed by atoms with van der Waals surface area (Å²) in [5.41, 5.74) is 5.87. The van der Waals surface area contributed by atoms with Gasteiger partial charge in [0.1, 0.15) is 10.7 Å². The van der Waals surface area contributed by atoms with Crippen LogP contribution in [0.3, 0.4) is 0 Å². The highest BCUT2D eigenvalue weighted by Crippen LogP contribution is 2.30. The van der Waals surface area contributed by atoms with Gasteiger partial charge in [0.15, 0.2) is 5.13 Å². The van der Waals surface area contributed by atoms with E-state index in [0.29, 0.717) is 15.9 Å². The predicted octanol–water partition coefficient (Wildman–Crippen LogP) is 2.12. The lowest BCUT2D eigenvalue weighted by Gasteiger charge is -2.37. The molecule has 1 amide bonds. The highest BCUT2D eigenvalue weighted by molar-refractivity contribution is 8.00. The molecule has 1 aliphatic heterocycles. The van der Waals surface area contributed by atoms with Crippen LogP contribution in [0.4, 0.5) is 10.9 Å². The molecule has 2 unspecified atom stereocenters. The molecule has 1 aromatic heterocycles. The summed E-state index contributed by atoms with van der Waals surface area (Å²) in [7, 11) is 0. The Hall–Kier alpha value is -0.950. The summed E-state index contributed by atoms with van der Waals surface area (Å²) in [6.45, 7) is 7.80. The first-order valence-corrected chi connectivity index (χ1v) is 8.33. The number of carbonyl (C=O) groups excluding carboxylic acids is 1. The summed E-state index contributed by atoms with van der Waals surface area (Å²) in [5, 5.41) is 4.28. The zero-order valence-corrected chi connectivity index (χ0v) is 13.1. The number of aromatic nitrogens is 1. The molecule has 0 aromatic carbocycles. The molecule has 1 aliphatic rings. The Labute approximate surface area is 122 Å². The first-order chi connectivity index (χ1) is 9.04. The molecule has 0 aliphatic carbocycles. The van der Waals surface area contributed by atoms with Crippen molar-refractivity contribution in [3.63, 3.8) is 0 Å². The molecule has 1 saturated heterocycles. The molecule has 106 valence electrons. The summed E-state index contributed by atoms with van der Waals surface area (Å²) in [5.74, 6) is 1.33. The normalized spacial score (nSPS) is 23.4. The molecule has 1 aromatic rings. The highest BCUT2D eigenvalue weighted by atomic mass is 32.2. The Bertz CT molecular complexity index is 463. The maximum absolute atomic E-state index is 12.6. The summed E-state index contributed by atoms with van der Waals surface area (Å²) >= 11 is 3.25. The van der Waals surface area contributed by atoms with Gasteiger partial charge in [0, 0.05) is 30.1 Å². The van der Waals surface area contributed by atoms with Crippen molar-refractivity contribution >= 4 is 40.0 Å². The maximum atomic E-state index is 12.6. The number of thioether (sulfide) groups is 1. The van der Waals surface area contributed by atoms with Crippen LogP contribution < -0.4 is 11.1 Å². The Morgan fingerprint density at radius 1 is 1.58 bits per heavy atom. The monoisotopic (exact) mass is 300 g/mol. The van der Waals surface area contributed by atoms with E-state index >= 15 is 0 Å². The van der Waals surface area contributed by atoms with Crippen LogP contribution in [0.5, 0.6) is 0 Å². The number of nitrogens with two attached hydrogens (primary N) is 1. The molecule has 1 fully saturated rings. The number of thiazole rings is 1. The Kier molecular flexibility index (Phi) is 4.57. The van der Waals surface area contributed by atoms with E-state index in [2.05, 4.69) is 24.1 Å². The number of hydrogen-bond acceptors (Lipinski definition) is 6. The van der Waals surface area contributed by atoms with Crippen molar-refractivity contribution in [1.82, 2.24) is 9.88 Å². The minimum Gasteiger partial charge on any atom is -0.382 e.